The zero-order valence-electron chi connectivity index (χ0n) is 8.09. The van der Waals surface area contributed by atoms with E-state index in [2.05, 4.69) is 0 Å². The van der Waals surface area contributed by atoms with Gasteiger partial charge < -0.3 is 10.8 Å². The first kappa shape index (κ1) is 11.8. The molecule has 0 unspecified atom stereocenters. The first-order valence-electron chi connectivity index (χ1n) is 4.32. The zero-order chi connectivity index (χ0) is 10.9. The van der Waals surface area contributed by atoms with Crippen molar-refractivity contribution in [3.05, 3.63) is 33.3 Å². The minimum atomic E-state index is -0.606. The molecule has 0 aliphatic carbocycles. The highest BCUT2D eigenvalue weighted by Crippen LogP contribution is 2.29. The summed E-state index contributed by atoms with van der Waals surface area (Å²) in [4.78, 5) is 0. The van der Waals surface area contributed by atoms with Gasteiger partial charge >= 0.3 is 0 Å². The van der Waals surface area contributed by atoms with Gasteiger partial charge in [0, 0.05) is 0 Å². The van der Waals surface area contributed by atoms with Crippen molar-refractivity contribution >= 4 is 23.2 Å². The van der Waals surface area contributed by atoms with E-state index in [1.807, 2.05) is 6.92 Å². The molecule has 0 saturated carbocycles. The number of aliphatic hydroxyl groups is 1. The Kier molecular flexibility index (Phi) is 3.78. The molecule has 0 aromatic heterocycles. The van der Waals surface area contributed by atoms with Crippen LogP contribution in [0.2, 0.25) is 10.0 Å². The maximum absolute atomic E-state index is 9.36. The summed E-state index contributed by atoms with van der Waals surface area (Å²) in [6.07, 6.45) is -0.606. The van der Waals surface area contributed by atoms with Crippen LogP contribution in [0.1, 0.15) is 24.1 Å². The molecule has 14 heavy (non-hydrogen) atoms. The van der Waals surface area contributed by atoms with Crippen molar-refractivity contribution in [1.82, 2.24) is 0 Å². The maximum Gasteiger partial charge on any atom is 0.0704 e. The molecule has 0 saturated heterocycles. The first-order valence-corrected chi connectivity index (χ1v) is 5.08. The molecule has 0 spiro atoms. The van der Waals surface area contributed by atoms with Crippen molar-refractivity contribution in [3.8, 4) is 0 Å². The van der Waals surface area contributed by atoms with Gasteiger partial charge in [-0.25, -0.2) is 0 Å². The third-order valence-electron chi connectivity index (χ3n) is 2.19. The number of aliphatic hydroxyl groups excluding tert-OH is 1. The molecule has 2 nitrogen and oxygen atoms in total. The van der Waals surface area contributed by atoms with Crippen molar-refractivity contribution in [3.63, 3.8) is 0 Å². The summed E-state index contributed by atoms with van der Waals surface area (Å²) in [6.45, 7) is 3.53. The van der Waals surface area contributed by atoms with E-state index < -0.39 is 12.1 Å². The van der Waals surface area contributed by atoms with Gasteiger partial charge in [0.25, 0.3) is 0 Å². The largest absolute Gasteiger partial charge is 0.391 e. The lowest BCUT2D eigenvalue weighted by molar-refractivity contribution is 0.164. The number of rotatable bonds is 2. The van der Waals surface area contributed by atoms with Crippen LogP contribution in [0.25, 0.3) is 0 Å². The van der Waals surface area contributed by atoms with Crippen LogP contribution in [0.15, 0.2) is 12.1 Å². The van der Waals surface area contributed by atoms with Crippen LogP contribution in [-0.4, -0.2) is 11.2 Å². The summed E-state index contributed by atoms with van der Waals surface area (Å²) >= 11 is 11.7. The molecule has 1 aromatic carbocycles. The molecule has 0 aliphatic rings. The Morgan fingerprint density at radius 1 is 1.29 bits per heavy atom. The van der Waals surface area contributed by atoms with Gasteiger partial charge in [-0.05, 0) is 37.1 Å². The Balaban J connectivity index is 3.15. The highest BCUT2D eigenvalue weighted by Gasteiger charge is 2.15. The van der Waals surface area contributed by atoms with Gasteiger partial charge in [-0.3, -0.25) is 0 Å². The molecule has 4 heteroatoms. The number of halogens is 2. The topological polar surface area (TPSA) is 46.2 Å². The van der Waals surface area contributed by atoms with E-state index in [1.54, 1.807) is 19.1 Å². The third kappa shape index (κ3) is 2.39. The molecule has 0 radical (unpaired) electrons. The highest BCUT2D eigenvalue weighted by atomic mass is 35.5. The van der Waals surface area contributed by atoms with E-state index in [-0.39, 0.29) is 0 Å². The van der Waals surface area contributed by atoms with Gasteiger partial charge in [0.15, 0.2) is 0 Å². The number of aryl methyl sites for hydroxylation is 1. The summed E-state index contributed by atoms with van der Waals surface area (Å²) in [5.74, 6) is 0. The monoisotopic (exact) mass is 233 g/mol. The fraction of sp³-hybridized carbons (Fsp3) is 0.400. The van der Waals surface area contributed by atoms with Gasteiger partial charge in [-0.1, -0.05) is 23.2 Å². The average molecular weight is 234 g/mol. The SMILES string of the molecule is Cc1cc(Cl)c(Cl)cc1[C@@H](N)[C@H](C)O. The molecule has 1 aromatic rings. The second-order valence-electron chi connectivity index (χ2n) is 3.39. The van der Waals surface area contributed by atoms with E-state index in [1.165, 1.54) is 0 Å². The molecule has 2 atom stereocenters. The molecule has 78 valence electrons. The lowest BCUT2D eigenvalue weighted by Crippen LogP contribution is -2.24. The molecule has 0 heterocycles. The lowest BCUT2D eigenvalue weighted by Gasteiger charge is -2.18. The Morgan fingerprint density at radius 3 is 2.29 bits per heavy atom. The Labute approximate surface area is 93.6 Å². The van der Waals surface area contributed by atoms with Crippen LogP contribution in [-0.2, 0) is 0 Å². The first-order chi connectivity index (χ1) is 6.43. The Morgan fingerprint density at radius 2 is 1.79 bits per heavy atom. The van der Waals surface area contributed by atoms with E-state index in [0.717, 1.165) is 11.1 Å². The second kappa shape index (κ2) is 4.49. The van der Waals surface area contributed by atoms with Crippen molar-refractivity contribution in [1.29, 1.82) is 0 Å². The Bertz CT molecular complexity index is 339. The van der Waals surface area contributed by atoms with Crippen molar-refractivity contribution in [2.24, 2.45) is 5.73 Å². The Hall–Kier alpha value is -0.280. The fourth-order valence-electron chi connectivity index (χ4n) is 1.28. The van der Waals surface area contributed by atoms with Crippen molar-refractivity contribution in [2.75, 3.05) is 0 Å². The summed E-state index contributed by atoms with van der Waals surface area (Å²) in [5.41, 5.74) is 7.57. The average Bonchev–Trinajstić information content (AvgIpc) is 2.10. The molecule has 0 aliphatic heterocycles. The third-order valence-corrected chi connectivity index (χ3v) is 2.91. The molecule has 0 bridgehead atoms. The van der Waals surface area contributed by atoms with Crippen molar-refractivity contribution < 1.29 is 5.11 Å². The minimum Gasteiger partial charge on any atom is -0.391 e. The lowest BCUT2D eigenvalue weighted by atomic mass is 9.98. The van der Waals surface area contributed by atoms with Crippen LogP contribution in [0.4, 0.5) is 0 Å². The number of nitrogens with two attached hydrogens (primary N) is 1. The number of hydrogen-bond acceptors (Lipinski definition) is 2. The maximum atomic E-state index is 9.36. The summed E-state index contributed by atoms with van der Waals surface area (Å²) in [7, 11) is 0. The standard InChI is InChI=1S/C10H13Cl2NO/c1-5-3-8(11)9(12)4-7(5)10(13)6(2)14/h3-4,6,10,14H,13H2,1-2H3/t6-,10-/m0/s1. The van der Waals surface area contributed by atoms with Crippen LogP contribution in [0.5, 0.6) is 0 Å². The molecule has 0 fully saturated rings. The predicted molar refractivity (Wildman–Crippen MR) is 59.8 cm³/mol. The van der Waals surface area contributed by atoms with Gasteiger partial charge in [-0.2, -0.15) is 0 Å². The van der Waals surface area contributed by atoms with Crippen LogP contribution < -0.4 is 5.73 Å². The van der Waals surface area contributed by atoms with E-state index in [9.17, 15) is 5.11 Å². The summed E-state index contributed by atoms with van der Waals surface area (Å²) in [6, 6.07) is 3.03. The predicted octanol–water partition coefficient (Wildman–Crippen LogP) is 2.68. The van der Waals surface area contributed by atoms with Crippen LogP contribution in [0, 0.1) is 6.92 Å². The van der Waals surface area contributed by atoms with Crippen molar-refractivity contribution in [2.45, 2.75) is 26.0 Å². The fourth-order valence-corrected chi connectivity index (χ4v) is 1.67. The highest BCUT2D eigenvalue weighted by molar-refractivity contribution is 6.42. The normalized spacial score (nSPS) is 15.3. The van der Waals surface area contributed by atoms with Gasteiger partial charge in [0.2, 0.25) is 0 Å². The number of benzene rings is 1. The second-order valence-corrected chi connectivity index (χ2v) is 4.20. The summed E-state index contributed by atoms with van der Waals surface area (Å²) < 4.78 is 0. The smallest absolute Gasteiger partial charge is 0.0704 e. The van der Waals surface area contributed by atoms with Crippen LogP contribution in [0.3, 0.4) is 0 Å². The zero-order valence-corrected chi connectivity index (χ0v) is 9.60. The van der Waals surface area contributed by atoms with E-state index in [4.69, 9.17) is 28.9 Å². The number of hydrogen-bond donors (Lipinski definition) is 2. The van der Waals surface area contributed by atoms with Crippen LogP contribution >= 0.6 is 23.2 Å². The van der Waals surface area contributed by atoms with Gasteiger partial charge in [0.05, 0.1) is 22.2 Å². The van der Waals surface area contributed by atoms with E-state index >= 15 is 0 Å². The minimum absolute atomic E-state index is 0.426. The van der Waals surface area contributed by atoms with Gasteiger partial charge in [-0.15, -0.1) is 0 Å². The molecular weight excluding hydrogens is 221 g/mol. The molecule has 0 amide bonds. The summed E-state index contributed by atoms with van der Waals surface area (Å²) in [5, 5.41) is 10.3. The molecular formula is C10H13Cl2NO. The molecule has 3 N–H and O–H groups in total. The van der Waals surface area contributed by atoms with E-state index in [0.29, 0.717) is 10.0 Å². The van der Waals surface area contributed by atoms with Gasteiger partial charge in [0.1, 0.15) is 0 Å². The quantitative estimate of drug-likeness (QED) is 0.826. The molecule has 1 rings (SSSR count).